The highest BCUT2D eigenvalue weighted by Crippen LogP contribution is 2.26. The molecule has 3 heteroatoms. The Morgan fingerprint density at radius 3 is 2.37 bits per heavy atom. The van der Waals surface area contributed by atoms with Crippen LogP contribution in [-0.4, -0.2) is 6.21 Å². The second-order valence-corrected chi connectivity index (χ2v) is 6.19. The molecule has 2 aromatic rings. The molecule has 0 amide bonds. The molecular formula is C24H21N3. The zero-order valence-corrected chi connectivity index (χ0v) is 15.2. The van der Waals surface area contributed by atoms with Crippen molar-refractivity contribution in [2.75, 3.05) is 0 Å². The number of benzene rings is 2. The lowest BCUT2D eigenvalue weighted by atomic mass is 9.96. The van der Waals surface area contributed by atoms with Gasteiger partial charge in [-0.25, -0.2) is 0 Å². The van der Waals surface area contributed by atoms with Crippen molar-refractivity contribution >= 4 is 11.8 Å². The average Bonchev–Trinajstić information content (AvgIpc) is 2.68. The minimum Gasteiger partial charge on any atom is -0.405 e. The Kier molecular flexibility index (Phi) is 5.39. The van der Waals surface area contributed by atoms with E-state index in [1.54, 1.807) is 12.2 Å². The number of fused-ring (bicyclic) bond motifs is 2. The second kappa shape index (κ2) is 8.07. The van der Waals surface area contributed by atoms with E-state index in [1.807, 2.05) is 42.5 Å². The van der Waals surface area contributed by atoms with Crippen LogP contribution in [0.3, 0.4) is 0 Å². The smallest absolute Gasteiger partial charge is 0.0483 e. The van der Waals surface area contributed by atoms with Crippen LogP contribution in [0, 0.1) is 24.2 Å². The van der Waals surface area contributed by atoms with E-state index in [1.165, 1.54) is 12.4 Å². The number of aryl methyl sites for hydroxylation is 1. The van der Waals surface area contributed by atoms with Crippen LogP contribution in [0.25, 0.3) is 16.7 Å². The van der Waals surface area contributed by atoms with Gasteiger partial charge in [-0.15, -0.1) is 0 Å². The van der Waals surface area contributed by atoms with Crippen LogP contribution >= 0.6 is 0 Å². The summed E-state index contributed by atoms with van der Waals surface area (Å²) in [5, 5.41) is 7.83. The molecule has 132 valence electrons. The number of hydrogen-bond acceptors (Lipinski definition) is 3. The quantitative estimate of drug-likeness (QED) is 0.557. The SMILES string of the molecule is Cc1cc2ccc1C#CC=C/C=C(\C=C/N)C(/N)=C(/C=N)c1ccc-2cc1. The molecule has 0 spiro atoms. The van der Waals surface area contributed by atoms with Crippen LogP contribution in [0.15, 0.2) is 84.2 Å². The predicted molar refractivity (Wildman–Crippen MR) is 114 cm³/mol. The number of hydrogen-bond donors (Lipinski definition) is 3. The van der Waals surface area contributed by atoms with E-state index < -0.39 is 0 Å². The van der Waals surface area contributed by atoms with E-state index in [4.69, 9.17) is 16.9 Å². The molecule has 5 N–H and O–H groups in total. The zero-order chi connectivity index (χ0) is 19.2. The summed E-state index contributed by atoms with van der Waals surface area (Å²) in [6.07, 6.45) is 9.87. The third-order valence-electron chi connectivity index (χ3n) is 4.44. The number of nitrogens with one attached hydrogen (secondary N) is 1. The lowest BCUT2D eigenvalue weighted by Gasteiger charge is -2.11. The highest BCUT2D eigenvalue weighted by atomic mass is 14.6. The van der Waals surface area contributed by atoms with Crippen LogP contribution in [0.1, 0.15) is 16.7 Å². The van der Waals surface area contributed by atoms with Gasteiger partial charge in [-0.3, -0.25) is 0 Å². The van der Waals surface area contributed by atoms with Gasteiger partial charge in [0.05, 0.1) is 0 Å². The molecule has 0 atom stereocenters. The van der Waals surface area contributed by atoms with E-state index in [0.717, 1.165) is 33.4 Å². The monoisotopic (exact) mass is 351 g/mol. The fraction of sp³-hybridized carbons (Fsp3) is 0.0417. The number of rotatable bonds is 2. The fourth-order valence-electron chi connectivity index (χ4n) is 2.96. The van der Waals surface area contributed by atoms with Crippen molar-refractivity contribution in [2.45, 2.75) is 6.92 Å². The van der Waals surface area contributed by atoms with Crippen LogP contribution in [0.4, 0.5) is 0 Å². The van der Waals surface area contributed by atoms with Crippen LogP contribution in [0.2, 0.25) is 0 Å². The third kappa shape index (κ3) is 3.91. The van der Waals surface area contributed by atoms with E-state index in [9.17, 15) is 0 Å². The molecule has 4 bridgehead atoms. The molecule has 3 aliphatic rings. The Balaban J connectivity index is 2.26. The van der Waals surface area contributed by atoms with Gasteiger partial charge in [-0.2, -0.15) is 0 Å². The minimum absolute atomic E-state index is 0.489. The van der Waals surface area contributed by atoms with Gasteiger partial charge in [0.25, 0.3) is 0 Å². The van der Waals surface area contributed by atoms with Gasteiger partial charge in [0.1, 0.15) is 0 Å². The van der Waals surface area contributed by atoms with Crippen molar-refractivity contribution in [1.29, 1.82) is 5.41 Å². The van der Waals surface area contributed by atoms with Gasteiger partial charge in [0, 0.05) is 23.0 Å². The molecule has 0 radical (unpaired) electrons. The van der Waals surface area contributed by atoms with Crippen molar-refractivity contribution in [2.24, 2.45) is 11.5 Å². The van der Waals surface area contributed by atoms with E-state index in [0.29, 0.717) is 11.3 Å². The molecule has 0 unspecified atom stereocenters. The van der Waals surface area contributed by atoms with Crippen molar-refractivity contribution in [3.63, 3.8) is 0 Å². The predicted octanol–water partition coefficient (Wildman–Crippen LogP) is 4.30. The molecular weight excluding hydrogens is 330 g/mol. The van der Waals surface area contributed by atoms with Crippen molar-refractivity contribution < 1.29 is 0 Å². The minimum atomic E-state index is 0.489. The highest BCUT2D eigenvalue weighted by Gasteiger charge is 2.08. The molecule has 3 aliphatic carbocycles. The summed E-state index contributed by atoms with van der Waals surface area (Å²) in [5.41, 5.74) is 19.0. The van der Waals surface area contributed by atoms with Gasteiger partial charge < -0.3 is 16.9 Å². The summed E-state index contributed by atoms with van der Waals surface area (Å²) >= 11 is 0. The maximum atomic E-state index is 7.83. The normalized spacial score (nSPS) is 18.2. The fourth-order valence-corrected chi connectivity index (χ4v) is 2.96. The molecule has 3 nitrogen and oxygen atoms in total. The Labute approximate surface area is 159 Å². The standard InChI is InChI=1S/C24H21N3/c1-17-15-22-12-7-18(17)5-3-2-4-6-21(13-14-25)24(27)23(16-26)20-10-8-19(22)9-11-20/h2,4,6-16,26H,25,27H2,1H3/b4-2?,6-4?,14-13-,21-6+,22-19?,23-20?,24-21?,24-23+,26-16?. The first kappa shape index (κ1) is 18.0. The maximum Gasteiger partial charge on any atom is 0.0483 e. The van der Waals surface area contributed by atoms with E-state index >= 15 is 0 Å². The van der Waals surface area contributed by atoms with Gasteiger partial charge in [0.15, 0.2) is 0 Å². The van der Waals surface area contributed by atoms with Gasteiger partial charge in [-0.05, 0) is 59.2 Å². The summed E-state index contributed by atoms with van der Waals surface area (Å²) in [7, 11) is 0. The van der Waals surface area contributed by atoms with E-state index in [2.05, 4.69) is 30.9 Å². The third-order valence-corrected chi connectivity index (χ3v) is 4.44. The van der Waals surface area contributed by atoms with Gasteiger partial charge in [0.2, 0.25) is 0 Å². The average molecular weight is 351 g/mol. The molecule has 0 saturated heterocycles. The number of nitrogens with two attached hydrogens (primary N) is 2. The Morgan fingerprint density at radius 2 is 1.70 bits per heavy atom. The first-order valence-electron chi connectivity index (χ1n) is 8.62. The Morgan fingerprint density at radius 1 is 1.00 bits per heavy atom. The summed E-state index contributed by atoms with van der Waals surface area (Å²) in [4.78, 5) is 0. The Bertz CT molecular complexity index is 1050. The first-order chi connectivity index (χ1) is 13.1. The summed E-state index contributed by atoms with van der Waals surface area (Å²) in [6.45, 7) is 2.06. The summed E-state index contributed by atoms with van der Waals surface area (Å²) in [5.74, 6) is 6.22. The molecule has 0 saturated carbocycles. The molecule has 0 fully saturated rings. The first-order valence-corrected chi connectivity index (χ1v) is 8.62. The lowest BCUT2D eigenvalue weighted by molar-refractivity contribution is 1.35. The summed E-state index contributed by atoms with van der Waals surface area (Å²) < 4.78 is 0. The molecule has 2 aromatic carbocycles. The van der Waals surface area contributed by atoms with Gasteiger partial charge in [-0.1, -0.05) is 60.4 Å². The molecule has 0 aromatic heterocycles. The van der Waals surface area contributed by atoms with E-state index in [-0.39, 0.29) is 0 Å². The van der Waals surface area contributed by atoms with Crippen molar-refractivity contribution in [3.05, 3.63) is 101 Å². The molecule has 5 rings (SSSR count). The maximum absolute atomic E-state index is 7.83. The molecule has 0 aliphatic heterocycles. The van der Waals surface area contributed by atoms with Crippen molar-refractivity contribution in [3.8, 4) is 23.0 Å². The van der Waals surface area contributed by atoms with Crippen LogP contribution in [-0.2, 0) is 0 Å². The largest absolute Gasteiger partial charge is 0.405 e. The Hall–Kier alpha value is -3.77. The number of allylic oxidation sites excluding steroid dienone is 5. The molecule has 0 heterocycles. The van der Waals surface area contributed by atoms with Gasteiger partial charge >= 0.3 is 0 Å². The van der Waals surface area contributed by atoms with Crippen LogP contribution in [0.5, 0.6) is 0 Å². The highest BCUT2D eigenvalue weighted by molar-refractivity contribution is 6.10. The second-order valence-electron chi connectivity index (χ2n) is 6.19. The van der Waals surface area contributed by atoms with Crippen molar-refractivity contribution in [1.82, 2.24) is 0 Å². The van der Waals surface area contributed by atoms with Crippen LogP contribution < -0.4 is 11.5 Å². The zero-order valence-electron chi connectivity index (χ0n) is 15.2. The summed E-state index contributed by atoms with van der Waals surface area (Å²) in [6, 6.07) is 14.3. The lowest BCUT2D eigenvalue weighted by Crippen LogP contribution is -2.06. The molecule has 27 heavy (non-hydrogen) atoms. The topological polar surface area (TPSA) is 75.9 Å².